The van der Waals surface area contributed by atoms with E-state index < -0.39 is 14.1 Å². The zero-order valence-corrected chi connectivity index (χ0v) is 10.5. The van der Waals surface area contributed by atoms with Crippen molar-refractivity contribution < 1.29 is 0 Å². The highest BCUT2D eigenvalue weighted by molar-refractivity contribution is 6.66. The first-order chi connectivity index (χ1) is 6.74. The third-order valence-corrected chi connectivity index (χ3v) is 4.44. The Kier molecular flexibility index (Phi) is 8.35. The van der Waals surface area contributed by atoms with Gasteiger partial charge < -0.3 is 0 Å². The molecule has 0 atom stereocenters. The molecule has 0 unspecified atom stereocenters. The van der Waals surface area contributed by atoms with Gasteiger partial charge in [0.1, 0.15) is 0 Å². The first kappa shape index (κ1) is 13.2. The van der Waals surface area contributed by atoms with Crippen LogP contribution in [0, 0.1) is 17.1 Å². The maximum absolute atomic E-state index is 8.34. The Bertz CT molecular complexity index is 259. The minimum atomic E-state index is -0.866. The molecule has 14 heavy (non-hydrogen) atoms. The van der Waals surface area contributed by atoms with Gasteiger partial charge in [-0.2, -0.15) is 0 Å². The van der Waals surface area contributed by atoms with E-state index in [0.29, 0.717) is 0 Å². The molecule has 0 saturated heterocycles. The smallest absolute Gasteiger partial charge is 0.225 e. The van der Waals surface area contributed by atoms with Gasteiger partial charge in [-0.05, 0) is 6.92 Å². The molecule has 0 heterocycles. The fraction of sp³-hybridized carbons (Fsp3) is 0.417. The number of aryl methyl sites for hydroxylation is 1. The van der Waals surface area contributed by atoms with E-state index in [1.54, 1.807) is 0 Å². The zero-order valence-electron chi connectivity index (χ0n) is 9.33. The van der Waals surface area contributed by atoms with Crippen LogP contribution in [-0.4, -0.2) is 14.1 Å². The molecule has 74 valence electrons. The molecule has 0 amide bonds. The molecule has 0 aliphatic heterocycles. The van der Waals surface area contributed by atoms with Gasteiger partial charge in [-0.25, -0.2) is 5.26 Å². The van der Waals surface area contributed by atoms with Crippen LogP contribution in [-0.2, 0) is 0 Å². The van der Waals surface area contributed by atoms with Crippen LogP contribution in [0.25, 0.3) is 0 Å². The second kappa shape index (κ2) is 8.82. The minimum absolute atomic E-state index is 0.866. The average Bonchev–Trinajstić information content (AvgIpc) is 2.22. The monoisotopic (exact) mass is 203 g/mol. The predicted octanol–water partition coefficient (Wildman–Crippen LogP) is 3.58. The largest absolute Gasteiger partial charge is 0.421 e. The van der Waals surface area contributed by atoms with Gasteiger partial charge in [0.15, 0.2) is 0 Å². The van der Waals surface area contributed by atoms with Crippen LogP contribution in [0.2, 0.25) is 10.6 Å². The number of benzene rings is 1. The number of rotatable bonds is 2. The fourth-order valence-electron chi connectivity index (χ4n) is 1.01. The second-order valence-electron chi connectivity index (χ2n) is 3.30. The van der Waals surface area contributed by atoms with Crippen molar-refractivity contribution in [3.63, 3.8) is 0 Å². The molecule has 1 nitrogen and oxygen atoms in total. The Labute approximate surface area is 91.8 Å². The zero-order chi connectivity index (χ0) is 10.8. The van der Waals surface area contributed by atoms with Crippen molar-refractivity contribution >= 4 is 14.1 Å². The molecule has 1 aromatic rings. The summed E-state index contributed by atoms with van der Waals surface area (Å²) in [5.74, 6) is 0. The Balaban J connectivity index is 0.000000241. The van der Waals surface area contributed by atoms with Crippen LogP contribution in [0.1, 0.15) is 19.4 Å². The second-order valence-corrected chi connectivity index (χ2v) is 6.58. The molecule has 0 saturated carbocycles. The van der Waals surface area contributed by atoms with Crippen molar-refractivity contribution in [2.45, 2.75) is 31.3 Å². The van der Waals surface area contributed by atoms with Crippen LogP contribution in [0.4, 0.5) is 0 Å². The molecule has 0 aromatic heterocycles. The summed E-state index contributed by atoms with van der Waals surface area (Å²) in [5, 5.41) is 10.6. The topological polar surface area (TPSA) is 23.8 Å². The molecule has 1 rings (SSSR count). The van der Waals surface area contributed by atoms with Crippen molar-refractivity contribution in [2.75, 3.05) is 0 Å². The van der Waals surface area contributed by atoms with Gasteiger partial charge in [-0.3, -0.25) is 0 Å². The SMILES string of the molecule is C[CH2][Al]([C]#N)[CH2]C.Cc1ccccc1. The minimum Gasteiger partial charge on any atom is -0.225 e. The van der Waals surface area contributed by atoms with Gasteiger partial charge in [-0.15, -0.1) is 0 Å². The number of hydrogen-bond donors (Lipinski definition) is 0. The van der Waals surface area contributed by atoms with E-state index in [-0.39, 0.29) is 0 Å². The highest BCUT2D eigenvalue weighted by Crippen LogP contribution is 1.93. The third kappa shape index (κ3) is 6.73. The van der Waals surface area contributed by atoms with Crippen molar-refractivity contribution in [3.05, 3.63) is 35.9 Å². The lowest BCUT2D eigenvalue weighted by Gasteiger charge is -1.86. The highest BCUT2D eigenvalue weighted by Gasteiger charge is 2.09. The number of hydrogen-bond acceptors (Lipinski definition) is 1. The molecule has 0 fully saturated rings. The van der Waals surface area contributed by atoms with Crippen molar-refractivity contribution in [3.8, 4) is 4.93 Å². The van der Waals surface area contributed by atoms with Gasteiger partial charge in [0.25, 0.3) is 0 Å². The van der Waals surface area contributed by atoms with Crippen LogP contribution >= 0.6 is 0 Å². The van der Waals surface area contributed by atoms with Crippen LogP contribution < -0.4 is 0 Å². The Morgan fingerprint density at radius 1 is 1.14 bits per heavy atom. The molecule has 0 aliphatic carbocycles. The van der Waals surface area contributed by atoms with Crippen molar-refractivity contribution in [1.29, 1.82) is 5.26 Å². The quantitative estimate of drug-likeness (QED) is 0.674. The fourth-order valence-corrected chi connectivity index (χ4v) is 1.95. The maximum atomic E-state index is 8.34. The summed E-state index contributed by atoms with van der Waals surface area (Å²) in [6.07, 6.45) is 0. The molecule has 0 spiro atoms. The Morgan fingerprint density at radius 3 is 1.79 bits per heavy atom. The summed E-state index contributed by atoms with van der Waals surface area (Å²) < 4.78 is 0. The van der Waals surface area contributed by atoms with E-state index in [4.69, 9.17) is 5.26 Å². The summed E-state index contributed by atoms with van der Waals surface area (Å²) in [6.45, 7) is 6.28. The molecule has 0 N–H and O–H groups in total. The van der Waals surface area contributed by atoms with Gasteiger partial charge in [0.2, 0.25) is 0 Å². The van der Waals surface area contributed by atoms with Crippen molar-refractivity contribution in [1.82, 2.24) is 0 Å². The normalized spacial score (nSPS) is 8.14. The summed E-state index contributed by atoms with van der Waals surface area (Å²) in [7, 11) is 0. The predicted molar refractivity (Wildman–Crippen MR) is 63.5 cm³/mol. The average molecular weight is 203 g/mol. The number of nitrogens with zero attached hydrogens (tertiary/aromatic N) is 1. The van der Waals surface area contributed by atoms with Gasteiger partial charge in [0.05, 0.1) is 0 Å². The summed E-state index contributed by atoms with van der Waals surface area (Å²) >= 11 is -0.866. The lowest BCUT2D eigenvalue weighted by molar-refractivity contribution is 1.33. The van der Waals surface area contributed by atoms with Gasteiger partial charge in [-0.1, -0.05) is 65.2 Å². The molecule has 2 heteroatoms. The van der Waals surface area contributed by atoms with E-state index in [1.165, 1.54) is 5.56 Å². The highest BCUT2D eigenvalue weighted by atomic mass is 27.2. The Morgan fingerprint density at radius 2 is 1.64 bits per heavy atom. The molecule has 0 bridgehead atoms. The van der Waals surface area contributed by atoms with Crippen LogP contribution in [0.5, 0.6) is 0 Å². The first-order valence-corrected chi connectivity index (χ1v) is 7.36. The molecule has 0 aliphatic rings. The van der Waals surface area contributed by atoms with Gasteiger partial charge >= 0.3 is 14.1 Å². The number of nitriles is 1. The van der Waals surface area contributed by atoms with Gasteiger partial charge in [0, 0.05) is 0 Å². The summed E-state index contributed by atoms with van der Waals surface area (Å²) in [5.41, 5.74) is 1.32. The van der Waals surface area contributed by atoms with E-state index in [1.807, 2.05) is 18.2 Å². The summed E-state index contributed by atoms with van der Waals surface area (Å²) in [6, 6.07) is 10.3. The van der Waals surface area contributed by atoms with E-state index >= 15 is 0 Å². The van der Waals surface area contributed by atoms with E-state index in [0.717, 1.165) is 10.6 Å². The standard InChI is InChI=1S/C7H8.2C2H5.CN.Al/c1-7-5-3-2-4-6-7;3*1-2;/h2-6H,1H3;2*1H2,2H3;;. The molecular formula is C12H18AlN. The van der Waals surface area contributed by atoms with Crippen LogP contribution in [0.15, 0.2) is 30.3 Å². The lowest BCUT2D eigenvalue weighted by Crippen LogP contribution is -2.03. The molecule has 1 aromatic carbocycles. The van der Waals surface area contributed by atoms with E-state index in [9.17, 15) is 0 Å². The van der Waals surface area contributed by atoms with Crippen molar-refractivity contribution in [2.24, 2.45) is 0 Å². The third-order valence-electron chi connectivity index (χ3n) is 2.11. The van der Waals surface area contributed by atoms with Crippen LogP contribution in [0.3, 0.4) is 0 Å². The maximum Gasteiger partial charge on any atom is 0.421 e. The lowest BCUT2D eigenvalue weighted by atomic mass is 10.2. The molecular weight excluding hydrogens is 185 g/mol. The first-order valence-electron chi connectivity index (χ1n) is 5.15. The van der Waals surface area contributed by atoms with E-state index in [2.05, 4.69) is 37.8 Å². The Hall–Kier alpha value is -0.758. The molecule has 0 radical (unpaired) electrons. The summed E-state index contributed by atoms with van der Waals surface area (Å²) in [4.78, 5) is 2.34.